The minimum absolute atomic E-state index is 0.0463. The van der Waals surface area contributed by atoms with Gasteiger partial charge in [-0.2, -0.15) is 5.26 Å². The summed E-state index contributed by atoms with van der Waals surface area (Å²) in [5, 5.41) is 34.2. The lowest BCUT2D eigenvalue weighted by atomic mass is 10.1. The molecule has 2 aromatic rings. The molecule has 154 valence electrons. The molecule has 0 unspecified atom stereocenters. The van der Waals surface area contributed by atoms with E-state index in [9.17, 15) is 10.4 Å². The summed E-state index contributed by atoms with van der Waals surface area (Å²) in [6.07, 6.45) is 1.44. The van der Waals surface area contributed by atoms with Crippen molar-refractivity contribution in [1.29, 1.82) is 5.26 Å². The third-order valence-electron chi connectivity index (χ3n) is 3.76. The van der Waals surface area contributed by atoms with Crippen LogP contribution in [-0.2, 0) is 16.0 Å². The first-order valence-corrected chi connectivity index (χ1v) is 9.64. The van der Waals surface area contributed by atoms with Gasteiger partial charge in [-0.05, 0) is 30.5 Å². The quantitative estimate of drug-likeness (QED) is 0.391. The standard InChI is InChI=1S/C18H21N3OS.C2H2O4/c1-2-16-9-8-14(11-19)18(21-16)23-17(10-15(20)12-22)13-6-4-3-5-7-13;3-1(4)2(5)6/h3-9,15,17,22H,2,10,12,20H2,1H3;(H,3,4)(H,5,6)/t15-,17+;/m0./s1. The number of aromatic nitrogens is 1. The molecular formula is C20H23N3O5S. The van der Waals surface area contributed by atoms with Crippen LogP contribution in [0.15, 0.2) is 47.5 Å². The van der Waals surface area contributed by atoms with Crippen molar-refractivity contribution in [1.82, 2.24) is 4.98 Å². The van der Waals surface area contributed by atoms with Gasteiger partial charge in [-0.3, -0.25) is 0 Å². The first-order chi connectivity index (χ1) is 13.8. The number of rotatable bonds is 7. The van der Waals surface area contributed by atoms with Gasteiger partial charge >= 0.3 is 11.9 Å². The van der Waals surface area contributed by atoms with Crippen LogP contribution in [0.25, 0.3) is 0 Å². The summed E-state index contributed by atoms with van der Waals surface area (Å²) in [7, 11) is 0. The van der Waals surface area contributed by atoms with Crippen molar-refractivity contribution in [3.8, 4) is 6.07 Å². The van der Waals surface area contributed by atoms with E-state index in [-0.39, 0.29) is 17.9 Å². The third kappa shape index (κ3) is 8.31. The molecule has 5 N–H and O–H groups in total. The van der Waals surface area contributed by atoms with Gasteiger partial charge in [-0.25, -0.2) is 14.6 Å². The van der Waals surface area contributed by atoms with Crippen molar-refractivity contribution in [2.24, 2.45) is 5.73 Å². The van der Waals surface area contributed by atoms with Crippen LogP contribution in [0.5, 0.6) is 0 Å². The second-order valence-electron chi connectivity index (χ2n) is 5.93. The van der Waals surface area contributed by atoms with E-state index in [1.807, 2.05) is 49.4 Å². The largest absolute Gasteiger partial charge is 0.473 e. The molecule has 0 aliphatic heterocycles. The number of nitrogens with two attached hydrogens (primary N) is 1. The Bertz CT molecular complexity index is 843. The highest BCUT2D eigenvalue weighted by Crippen LogP contribution is 2.38. The minimum atomic E-state index is -1.82. The number of aliphatic hydroxyl groups is 1. The summed E-state index contributed by atoms with van der Waals surface area (Å²) in [6, 6.07) is 15.6. The van der Waals surface area contributed by atoms with E-state index in [2.05, 4.69) is 11.1 Å². The van der Waals surface area contributed by atoms with Gasteiger partial charge in [0.25, 0.3) is 0 Å². The van der Waals surface area contributed by atoms with Gasteiger partial charge in [0.2, 0.25) is 0 Å². The Labute approximate surface area is 173 Å². The Hall–Kier alpha value is -2.93. The van der Waals surface area contributed by atoms with Gasteiger partial charge in [-0.15, -0.1) is 0 Å². The Morgan fingerprint density at radius 3 is 2.28 bits per heavy atom. The Kier molecular flexibility index (Phi) is 10.4. The molecule has 0 radical (unpaired) electrons. The fourth-order valence-corrected chi connectivity index (χ4v) is 3.57. The maximum Gasteiger partial charge on any atom is 0.414 e. The van der Waals surface area contributed by atoms with E-state index >= 15 is 0 Å². The van der Waals surface area contributed by atoms with Crippen LogP contribution in [0.2, 0.25) is 0 Å². The van der Waals surface area contributed by atoms with Crippen molar-refractivity contribution in [2.75, 3.05) is 6.61 Å². The van der Waals surface area contributed by atoms with Gasteiger partial charge < -0.3 is 21.1 Å². The van der Waals surface area contributed by atoms with Gasteiger partial charge in [0.05, 0.1) is 12.2 Å². The normalized spacial score (nSPS) is 12.1. The van der Waals surface area contributed by atoms with Gasteiger partial charge in [0.15, 0.2) is 0 Å². The first-order valence-electron chi connectivity index (χ1n) is 8.76. The summed E-state index contributed by atoms with van der Waals surface area (Å²) in [4.78, 5) is 22.8. The highest BCUT2D eigenvalue weighted by atomic mass is 32.2. The van der Waals surface area contributed by atoms with Crippen molar-refractivity contribution in [3.05, 3.63) is 59.3 Å². The summed E-state index contributed by atoms with van der Waals surface area (Å²) in [5.74, 6) is -3.65. The molecule has 1 aromatic heterocycles. The van der Waals surface area contributed by atoms with E-state index < -0.39 is 11.9 Å². The van der Waals surface area contributed by atoms with Gasteiger partial charge in [0, 0.05) is 17.0 Å². The van der Waals surface area contributed by atoms with E-state index in [4.69, 9.17) is 25.5 Å². The summed E-state index contributed by atoms with van der Waals surface area (Å²) in [6.45, 7) is 1.98. The molecule has 0 fully saturated rings. The predicted molar refractivity (Wildman–Crippen MR) is 108 cm³/mol. The number of aliphatic carboxylic acids is 2. The fourth-order valence-electron chi connectivity index (χ4n) is 2.25. The number of carboxylic acids is 2. The topological polar surface area (TPSA) is 158 Å². The molecule has 8 nitrogen and oxygen atoms in total. The molecule has 29 heavy (non-hydrogen) atoms. The molecule has 0 aliphatic carbocycles. The van der Waals surface area contributed by atoms with Crippen molar-refractivity contribution < 1.29 is 24.9 Å². The molecule has 0 amide bonds. The van der Waals surface area contributed by atoms with Crippen molar-refractivity contribution in [2.45, 2.75) is 36.1 Å². The number of thioether (sulfide) groups is 1. The average Bonchev–Trinajstić information content (AvgIpc) is 2.74. The van der Waals surface area contributed by atoms with Crippen LogP contribution in [-0.4, -0.2) is 44.9 Å². The molecule has 2 rings (SSSR count). The van der Waals surface area contributed by atoms with Crippen molar-refractivity contribution >= 4 is 23.7 Å². The number of aliphatic hydroxyl groups excluding tert-OH is 1. The Balaban J connectivity index is 0.000000612. The van der Waals surface area contributed by atoms with E-state index in [1.54, 1.807) is 11.8 Å². The molecule has 1 heterocycles. The van der Waals surface area contributed by atoms with Crippen LogP contribution < -0.4 is 5.73 Å². The molecule has 0 spiro atoms. The second kappa shape index (κ2) is 12.5. The van der Waals surface area contributed by atoms with E-state index in [1.165, 1.54) is 0 Å². The maximum absolute atomic E-state index is 9.33. The fraction of sp³-hybridized carbons (Fsp3) is 0.300. The number of nitriles is 1. The number of hydrogen-bond donors (Lipinski definition) is 4. The number of nitrogens with zero attached hydrogens (tertiary/aromatic N) is 2. The van der Waals surface area contributed by atoms with E-state index in [0.717, 1.165) is 22.7 Å². The van der Waals surface area contributed by atoms with Crippen LogP contribution in [0.3, 0.4) is 0 Å². The third-order valence-corrected chi connectivity index (χ3v) is 5.04. The zero-order chi connectivity index (χ0) is 21.8. The molecule has 1 aromatic carbocycles. The molecule has 0 saturated heterocycles. The first kappa shape index (κ1) is 24.1. The number of benzene rings is 1. The second-order valence-corrected chi connectivity index (χ2v) is 7.12. The molecule has 9 heteroatoms. The highest BCUT2D eigenvalue weighted by molar-refractivity contribution is 7.99. The zero-order valence-corrected chi connectivity index (χ0v) is 16.7. The average molecular weight is 417 g/mol. The van der Waals surface area contributed by atoms with Crippen LogP contribution in [0.1, 0.15) is 35.4 Å². The predicted octanol–water partition coefficient (Wildman–Crippen LogP) is 2.21. The van der Waals surface area contributed by atoms with Crippen LogP contribution in [0.4, 0.5) is 0 Å². The van der Waals surface area contributed by atoms with Gasteiger partial charge in [-0.1, -0.05) is 49.0 Å². The molecular weight excluding hydrogens is 394 g/mol. The number of hydrogen-bond acceptors (Lipinski definition) is 7. The Morgan fingerprint density at radius 1 is 1.17 bits per heavy atom. The SMILES string of the molecule is CCc1ccc(C#N)c(S[C@H](C[C@H](N)CO)c2ccccc2)n1.O=C(O)C(=O)O. The van der Waals surface area contributed by atoms with Crippen LogP contribution in [0, 0.1) is 11.3 Å². The maximum atomic E-state index is 9.33. The number of carbonyl (C=O) groups is 2. The summed E-state index contributed by atoms with van der Waals surface area (Å²) < 4.78 is 0. The van der Waals surface area contributed by atoms with E-state index in [0.29, 0.717) is 12.0 Å². The van der Waals surface area contributed by atoms with Crippen molar-refractivity contribution in [3.63, 3.8) is 0 Å². The molecule has 0 bridgehead atoms. The summed E-state index contributed by atoms with van der Waals surface area (Å²) >= 11 is 1.54. The minimum Gasteiger partial charge on any atom is -0.473 e. The molecule has 2 atom stereocenters. The number of pyridine rings is 1. The zero-order valence-electron chi connectivity index (χ0n) is 15.9. The summed E-state index contributed by atoms with van der Waals surface area (Å²) in [5.41, 5.74) is 8.60. The smallest absolute Gasteiger partial charge is 0.414 e. The van der Waals surface area contributed by atoms with Gasteiger partial charge in [0.1, 0.15) is 11.1 Å². The lowest BCUT2D eigenvalue weighted by Crippen LogP contribution is -2.26. The lowest BCUT2D eigenvalue weighted by Gasteiger charge is -2.20. The van der Waals surface area contributed by atoms with Crippen LogP contribution >= 0.6 is 11.8 Å². The number of aryl methyl sites for hydroxylation is 1. The Morgan fingerprint density at radius 2 is 1.79 bits per heavy atom. The molecule has 0 saturated carbocycles. The highest BCUT2D eigenvalue weighted by Gasteiger charge is 2.19. The lowest BCUT2D eigenvalue weighted by molar-refractivity contribution is -0.159. The monoisotopic (exact) mass is 417 g/mol. The molecule has 0 aliphatic rings. The number of carboxylic acid groups (broad SMARTS) is 2.